The minimum atomic E-state index is -0.856. The molecule has 2 unspecified atom stereocenters. The van der Waals surface area contributed by atoms with Gasteiger partial charge in [-0.15, -0.1) is 0 Å². The van der Waals surface area contributed by atoms with E-state index in [-0.39, 0.29) is 18.0 Å². The summed E-state index contributed by atoms with van der Waals surface area (Å²) in [5.74, 6) is -1.72. The number of carbonyl (C=O) groups is 1. The second kappa shape index (κ2) is 7.94. The van der Waals surface area contributed by atoms with Crippen LogP contribution in [0.1, 0.15) is 45.2 Å². The number of hydrogen-bond acceptors (Lipinski definition) is 2. The molecule has 0 fully saturated rings. The van der Waals surface area contributed by atoms with Gasteiger partial charge in [-0.1, -0.05) is 13.0 Å². The van der Waals surface area contributed by atoms with Gasteiger partial charge in [0.1, 0.15) is 0 Å². The fourth-order valence-electron chi connectivity index (χ4n) is 1.75. The van der Waals surface area contributed by atoms with E-state index in [2.05, 4.69) is 10.6 Å². The zero-order chi connectivity index (χ0) is 15.1. The van der Waals surface area contributed by atoms with Crippen molar-refractivity contribution in [3.05, 3.63) is 35.4 Å². The Hall–Kier alpha value is -1.49. The van der Waals surface area contributed by atoms with E-state index in [1.165, 1.54) is 12.1 Å². The summed E-state index contributed by atoms with van der Waals surface area (Å²) in [5.41, 5.74) is 0.659. The summed E-state index contributed by atoms with van der Waals surface area (Å²) in [4.78, 5) is 11.6. The van der Waals surface area contributed by atoms with Crippen molar-refractivity contribution in [2.75, 3.05) is 6.54 Å². The number of benzene rings is 1. The van der Waals surface area contributed by atoms with Gasteiger partial charge in [-0.25, -0.2) is 8.78 Å². The average molecular weight is 284 g/mol. The van der Waals surface area contributed by atoms with Crippen molar-refractivity contribution in [3.8, 4) is 0 Å². The standard InChI is InChI=1S/C15H22F2N2O/c1-4-10(2)19-15(20)7-8-18-11(3)12-5-6-13(16)14(17)9-12/h5-6,9-11,18H,4,7-8H2,1-3H3,(H,19,20). The van der Waals surface area contributed by atoms with E-state index in [0.29, 0.717) is 18.5 Å². The van der Waals surface area contributed by atoms with Gasteiger partial charge in [0.25, 0.3) is 0 Å². The lowest BCUT2D eigenvalue weighted by atomic mass is 10.1. The fraction of sp³-hybridized carbons (Fsp3) is 0.533. The molecule has 1 aromatic carbocycles. The van der Waals surface area contributed by atoms with Crippen LogP contribution in [0.4, 0.5) is 8.78 Å². The molecule has 2 N–H and O–H groups in total. The molecule has 0 aromatic heterocycles. The van der Waals surface area contributed by atoms with Crippen molar-refractivity contribution in [1.29, 1.82) is 0 Å². The Bertz CT molecular complexity index is 451. The molecule has 1 aromatic rings. The second-order valence-corrected chi connectivity index (χ2v) is 4.98. The summed E-state index contributed by atoms with van der Waals surface area (Å²) in [7, 11) is 0. The van der Waals surface area contributed by atoms with E-state index in [0.717, 1.165) is 12.5 Å². The van der Waals surface area contributed by atoms with Gasteiger partial charge in [0.2, 0.25) is 5.91 Å². The molecule has 0 saturated heterocycles. The van der Waals surface area contributed by atoms with E-state index in [1.807, 2.05) is 20.8 Å². The Morgan fingerprint density at radius 2 is 1.95 bits per heavy atom. The van der Waals surface area contributed by atoms with Crippen molar-refractivity contribution in [2.45, 2.75) is 45.7 Å². The minimum absolute atomic E-state index is 0.00987. The molecule has 1 rings (SSSR count). The topological polar surface area (TPSA) is 41.1 Å². The Morgan fingerprint density at radius 3 is 2.55 bits per heavy atom. The first-order valence-electron chi connectivity index (χ1n) is 6.91. The average Bonchev–Trinajstić information content (AvgIpc) is 2.41. The Kier molecular flexibility index (Phi) is 6.58. The van der Waals surface area contributed by atoms with Gasteiger partial charge in [0.15, 0.2) is 11.6 Å². The van der Waals surface area contributed by atoms with Crippen LogP contribution in [-0.4, -0.2) is 18.5 Å². The van der Waals surface area contributed by atoms with Crippen molar-refractivity contribution in [1.82, 2.24) is 10.6 Å². The first kappa shape index (κ1) is 16.6. The van der Waals surface area contributed by atoms with Crippen LogP contribution in [0.5, 0.6) is 0 Å². The summed E-state index contributed by atoms with van der Waals surface area (Å²) in [6.45, 7) is 6.30. The fourth-order valence-corrected chi connectivity index (χ4v) is 1.75. The summed E-state index contributed by atoms with van der Waals surface area (Å²) in [5, 5.41) is 5.99. The molecule has 0 aliphatic carbocycles. The number of nitrogens with one attached hydrogen (secondary N) is 2. The van der Waals surface area contributed by atoms with Gasteiger partial charge < -0.3 is 10.6 Å². The molecule has 1 amide bonds. The monoisotopic (exact) mass is 284 g/mol. The number of carbonyl (C=O) groups excluding carboxylic acids is 1. The zero-order valence-electron chi connectivity index (χ0n) is 12.2. The molecule has 20 heavy (non-hydrogen) atoms. The van der Waals surface area contributed by atoms with Gasteiger partial charge in [0.05, 0.1) is 0 Å². The summed E-state index contributed by atoms with van der Waals surface area (Å²) in [6, 6.07) is 3.85. The second-order valence-electron chi connectivity index (χ2n) is 4.98. The van der Waals surface area contributed by atoms with Gasteiger partial charge in [-0.05, 0) is 38.0 Å². The summed E-state index contributed by atoms with van der Waals surface area (Å²) in [6.07, 6.45) is 1.25. The van der Waals surface area contributed by atoms with Crippen molar-refractivity contribution >= 4 is 5.91 Å². The van der Waals surface area contributed by atoms with Crippen molar-refractivity contribution in [2.24, 2.45) is 0 Å². The summed E-state index contributed by atoms with van der Waals surface area (Å²) >= 11 is 0. The third kappa shape index (κ3) is 5.25. The molecular formula is C15H22F2N2O. The first-order chi connectivity index (χ1) is 9.43. The van der Waals surface area contributed by atoms with Crippen LogP contribution in [0.15, 0.2) is 18.2 Å². The van der Waals surface area contributed by atoms with E-state index in [9.17, 15) is 13.6 Å². The highest BCUT2D eigenvalue weighted by molar-refractivity contribution is 5.76. The number of rotatable bonds is 7. The van der Waals surface area contributed by atoms with Crippen LogP contribution in [0.2, 0.25) is 0 Å². The lowest BCUT2D eigenvalue weighted by Gasteiger charge is -2.15. The molecule has 2 atom stereocenters. The van der Waals surface area contributed by atoms with E-state index < -0.39 is 11.6 Å². The maximum absolute atomic E-state index is 13.1. The molecule has 0 spiro atoms. The van der Waals surface area contributed by atoms with E-state index in [1.54, 1.807) is 0 Å². The van der Waals surface area contributed by atoms with Gasteiger partial charge in [0, 0.05) is 25.0 Å². The highest BCUT2D eigenvalue weighted by atomic mass is 19.2. The van der Waals surface area contributed by atoms with Crippen LogP contribution >= 0.6 is 0 Å². The maximum Gasteiger partial charge on any atom is 0.221 e. The Morgan fingerprint density at radius 1 is 1.25 bits per heavy atom. The molecule has 0 saturated carbocycles. The third-order valence-electron chi connectivity index (χ3n) is 3.27. The first-order valence-corrected chi connectivity index (χ1v) is 6.91. The highest BCUT2D eigenvalue weighted by Crippen LogP contribution is 2.15. The molecular weight excluding hydrogens is 262 g/mol. The summed E-state index contributed by atoms with van der Waals surface area (Å²) < 4.78 is 25.9. The van der Waals surface area contributed by atoms with Gasteiger partial charge >= 0.3 is 0 Å². The Labute approximate surface area is 118 Å². The molecule has 0 bridgehead atoms. The van der Waals surface area contributed by atoms with Crippen LogP contribution in [0.25, 0.3) is 0 Å². The Balaban J connectivity index is 2.38. The lowest BCUT2D eigenvalue weighted by molar-refractivity contribution is -0.121. The lowest BCUT2D eigenvalue weighted by Crippen LogP contribution is -2.34. The van der Waals surface area contributed by atoms with Crippen LogP contribution in [-0.2, 0) is 4.79 Å². The third-order valence-corrected chi connectivity index (χ3v) is 3.27. The number of hydrogen-bond donors (Lipinski definition) is 2. The predicted octanol–water partition coefficient (Wildman–Crippen LogP) is 2.92. The smallest absolute Gasteiger partial charge is 0.221 e. The highest BCUT2D eigenvalue weighted by Gasteiger charge is 2.10. The van der Waals surface area contributed by atoms with E-state index in [4.69, 9.17) is 0 Å². The minimum Gasteiger partial charge on any atom is -0.354 e. The molecule has 112 valence electrons. The van der Waals surface area contributed by atoms with Gasteiger partial charge in [-0.2, -0.15) is 0 Å². The van der Waals surface area contributed by atoms with Gasteiger partial charge in [-0.3, -0.25) is 4.79 Å². The van der Waals surface area contributed by atoms with Crippen LogP contribution in [0.3, 0.4) is 0 Å². The largest absolute Gasteiger partial charge is 0.354 e. The van der Waals surface area contributed by atoms with Crippen LogP contribution in [0, 0.1) is 11.6 Å². The molecule has 5 heteroatoms. The maximum atomic E-state index is 13.1. The molecule has 3 nitrogen and oxygen atoms in total. The SMILES string of the molecule is CCC(C)NC(=O)CCNC(C)c1ccc(F)c(F)c1. The zero-order valence-corrected chi connectivity index (χ0v) is 12.2. The number of halogens is 2. The van der Waals surface area contributed by atoms with Crippen molar-refractivity contribution < 1.29 is 13.6 Å². The van der Waals surface area contributed by atoms with E-state index >= 15 is 0 Å². The predicted molar refractivity (Wildman–Crippen MR) is 75.3 cm³/mol. The molecule has 0 radical (unpaired) electrons. The molecule has 0 heterocycles. The van der Waals surface area contributed by atoms with Crippen LogP contribution < -0.4 is 10.6 Å². The normalized spacial score (nSPS) is 13.8. The molecule has 0 aliphatic rings. The van der Waals surface area contributed by atoms with Crippen molar-refractivity contribution in [3.63, 3.8) is 0 Å². The quantitative estimate of drug-likeness (QED) is 0.808. The molecule has 0 aliphatic heterocycles. The number of amides is 1.